The van der Waals surface area contributed by atoms with E-state index in [1.807, 2.05) is 6.92 Å². The maximum atomic E-state index is 5.45. The maximum Gasteiger partial charge on any atom is 0.164 e. The highest BCUT2D eigenvalue weighted by Crippen LogP contribution is 2.12. The number of rotatable bonds is 3. The van der Waals surface area contributed by atoms with E-state index in [1.165, 1.54) is 0 Å². The Kier molecular flexibility index (Phi) is 2.79. The number of aryl methyl sites for hydroxylation is 1. The van der Waals surface area contributed by atoms with Gasteiger partial charge in [0.15, 0.2) is 5.82 Å². The van der Waals surface area contributed by atoms with E-state index in [1.54, 1.807) is 0 Å². The predicted octanol–water partition coefficient (Wildman–Crippen LogP) is 0.380. The number of hydrogen-bond acceptors (Lipinski definition) is 4. The first-order chi connectivity index (χ1) is 6.75. The molecule has 1 aliphatic rings. The van der Waals surface area contributed by atoms with Gasteiger partial charge in [-0.3, -0.25) is 5.10 Å². The van der Waals surface area contributed by atoms with Crippen LogP contribution in [0.15, 0.2) is 0 Å². The predicted molar refractivity (Wildman–Crippen MR) is 51.8 cm³/mol. The Hall–Kier alpha value is -0.940. The number of H-pyrrole nitrogens is 1. The molecule has 1 aromatic rings. The second-order valence-electron chi connectivity index (χ2n) is 3.69. The highest BCUT2D eigenvalue weighted by atomic mass is 16.5. The van der Waals surface area contributed by atoms with Crippen LogP contribution < -0.4 is 5.32 Å². The van der Waals surface area contributed by atoms with Crippen molar-refractivity contribution in [3.8, 4) is 0 Å². The molecule has 0 amide bonds. The highest BCUT2D eigenvalue weighted by Gasteiger charge is 2.23. The zero-order valence-electron chi connectivity index (χ0n) is 8.58. The van der Waals surface area contributed by atoms with Crippen LogP contribution in [0, 0.1) is 6.92 Å². The molecular weight excluding hydrogens is 180 g/mol. The van der Waals surface area contributed by atoms with Gasteiger partial charge in [-0.1, -0.05) is 0 Å². The van der Waals surface area contributed by atoms with Crippen LogP contribution in [0.25, 0.3) is 0 Å². The van der Waals surface area contributed by atoms with E-state index in [0.717, 1.165) is 24.7 Å². The van der Waals surface area contributed by atoms with Crippen LogP contribution in [0.2, 0.25) is 0 Å². The van der Waals surface area contributed by atoms with Crippen molar-refractivity contribution in [2.75, 3.05) is 6.61 Å². The normalized spacial score (nSPS) is 27.0. The first-order valence-electron chi connectivity index (χ1n) is 4.98. The van der Waals surface area contributed by atoms with Gasteiger partial charge in [0, 0.05) is 12.6 Å². The fourth-order valence-corrected chi connectivity index (χ4v) is 1.69. The van der Waals surface area contributed by atoms with Crippen LogP contribution in [0.1, 0.15) is 25.0 Å². The SMILES string of the molecule is Cc1nc(CNC2CCOC2C)n[nH]1. The van der Waals surface area contributed by atoms with Gasteiger partial charge in [-0.05, 0) is 20.3 Å². The lowest BCUT2D eigenvalue weighted by Gasteiger charge is -2.14. The van der Waals surface area contributed by atoms with E-state index in [-0.39, 0.29) is 0 Å². The molecule has 0 aromatic carbocycles. The molecule has 0 aliphatic carbocycles. The molecule has 2 N–H and O–H groups in total. The largest absolute Gasteiger partial charge is 0.377 e. The quantitative estimate of drug-likeness (QED) is 0.733. The van der Waals surface area contributed by atoms with Gasteiger partial charge in [0.1, 0.15) is 5.82 Å². The molecule has 2 atom stereocenters. The third kappa shape index (κ3) is 2.10. The van der Waals surface area contributed by atoms with Crippen LogP contribution in [0.5, 0.6) is 0 Å². The standard InChI is InChI=1S/C9H16N4O/c1-6-8(3-4-14-6)10-5-9-11-7(2)12-13-9/h6,8,10H,3-5H2,1-2H3,(H,11,12,13). The van der Waals surface area contributed by atoms with Gasteiger partial charge in [0.05, 0.1) is 12.6 Å². The number of hydrogen-bond donors (Lipinski definition) is 2. The van der Waals surface area contributed by atoms with Crippen LogP contribution in [0.4, 0.5) is 0 Å². The minimum absolute atomic E-state index is 0.301. The Bertz CT molecular complexity index is 299. The Morgan fingerprint density at radius 3 is 3.07 bits per heavy atom. The molecule has 1 aliphatic heterocycles. The first-order valence-corrected chi connectivity index (χ1v) is 4.98. The Balaban J connectivity index is 1.82. The second kappa shape index (κ2) is 4.06. The summed E-state index contributed by atoms with van der Waals surface area (Å²) in [6.07, 6.45) is 1.37. The lowest BCUT2D eigenvalue weighted by atomic mass is 10.1. The molecule has 1 saturated heterocycles. The van der Waals surface area contributed by atoms with Crippen molar-refractivity contribution in [2.24, 2.45) is 0 Å². The molecule has 0 bridgehead atoms. The summed E-state index contributed by atoms with van der Waals surface area (Å²) in [7, 11) is 0. The zero-order valence-corrected chi connectivity index (χ0v) is 8.58. The summed E-state index contributed by atoms with van der Waals surface area (Å²) < 4.78 is 5.45. The van der Waals surface area contributed by atoms with Crippen LogP contribution >= 0.6 is 0 Å². The number of ether oxygens (including phenoxy) is 1. The molecule has 0 spiro atoms. The van der Waals surface area contributed by atoms with Crippen LogP contribution in [0.3, 0.4) is 0 Å². The molecule has 2 rings (SSSR count). The van der Waals surface area contributed by atoms with Crippen molar-refractivity contribution in [3.05, 3.63) is 11.6 Å². The van der Waals surface area contributed by atoms with Crippen LogP contribution in [-0.4, -0.2) is 33.9 Å². The zero-order chi connectivity index (χ0) is 9.97. The third-order valence-electron chi connectivity index (χ3n) is 2.54. The van der Waals surface area contributed by atoms with Crippen molar-refractivity contribution in [1.29, 1.82) is 0 Å². The monoisotopic (exact) mass is 196 g/mol. The van der Waals surface area contributed by atoms with E-state index >= 15 is 0 Å². The maximum absolute atomic E-state index is 5.45. The summed E-state index contributed by atoms with van der Waals surface area (Å²) in [6, 6.07) is 0.439. The molecule has 1 fully saturated rings. The summed E-state index contributed by atoms with van der Waals surface area (Å²) >= 11 is 0. The van der Waals surface area contributed by atoms with Gasteiger partial charge in [-0.25, -0.2) is 4.98 Å². The van der Waals surface area contributed by atoms with E-state index in [0.29, 0.717) is 18.7 Å². The third-order valence-corrected chi connectivity index (χ3v) is 2.54. The molecule has 0 radical (unpaired) electrons. The molecule has 5 nitrogen and oxygen atoms in total. The fraction of sp³-hybridized carbons (Fsp3) is 0.778. The van der Waals surface area contributed by atoms with E-state index < -0.39 is 0 Å². The van der Waals surface area contributed by atoms with Crippen molar-refractivity contribution in [2.45, 2.75) is 39.0 Å². The van der Waals surface area contributed by atoms with Crippen molar-refractivity contribution in [3.63, 3.8) is 0 Å². The number of aromatic nitrogens is 3. The number of nitrogens with zero attached hydrogens (tertiary/aromatic N) is 2. The molecule has 2 heterocycles. The Labute approximate surface area is 83.3 Å². The van der Waals surface area contributed by atoms with Gasteiger partial charge in [-0.15, -0.1) is 0 Å². The van der Waals surface area contributed by atoms with E-state index in [9.17, 15) is 0 Å². The first kappa shape index (κ1) is 9.61. The number of nitrogens with one attached hydrogen (secondary N) is 2. The Morgan fingerprint density at radius 2 is 2.50 bits per heavy atom. The average molecular weight is 196 g/mol. The topological polar surface area (TPSA) is 62.8 Å². The van der Waals surface area contributed by atoms with Gasteiger partial charge < -0.3 is 10.1 Å². The smallest absolute Gasteiger partial charge is 0.164 e. The van der Waals surface area contributed by atoms with E-state index in [2.05, 4.69) is 27.4 Å². The summed E-state index contributed by atoms with van der Waals surface area (Å²) in [6.45, 7) is 5.56. The lowest BCUT2D eigenvalue weighted by molar-refractivity contribution is 0.113. The molecule has 78 valence electrons. The average Bonchev–Trinajstić information content (AvgIpc) is 2.72. The molecule has 1 aromatic heterocycles. The second-order valence-corrected chi connectivity index (χ2v) is 3.69. The minimum atomic E-state index is 0.301. The molecule has 14 heavy (non-hydrogen) atoms. The summed E-state index contributed by atoms with van der Waals surface area (Å²) in [5.74, 6) is 1.68. The van der Waals surface area contributed by atoms with Crippen molar-refractivity contribution in [1.82, 2.24) is 20.5 Å². The van der Waals surface area contributed by atoms with Crippen molar-refractivity contribution >= 4 is 0 Å². The van der Waals surface area contributed by atoms with Gasteiger partial charge in [-0.2, -0.15) is 5.10 Å². The lowest BCUT2D eigenvalue weighted by Crippen LogP contribution is -2.34. The van der Waals surface area contributed by atoms with Crippen molar-refractivity contribution < 1.29 is 4.74 Å². The Morgan fingerprint density at radius 1 is 1.64 bits per heavy atom. The molecule has 0 saturated carbocycles. The van der Waals surface area contributed by atoms with E-state index in [4.69, 9.17) is 4.74 Å². The summed E-state index contributed by atoms with van der Waals surface area (Å²) in [5.41, 5.74) is 0. The summed E-state index contributed by atoms with van der Waals surface area (Å²) in [5, 5.41) is 10.3. The fourth-order valence-electron chi connectivity index (χ4n) is 1.69. The van der Waals surface area contributed by atoms with Gasteiger partial charge >= 0.3 is 0 Å². The van der Waals surface area contributed by atoms with Gasteiger partial charge in [0.25, 0.3) is 0 Å². The highest BCUT2D eigenvalue weighted by molar-refractivity contribution is 4.89. The molecular formula is C9H16N4O. The molecule has 2 unspecified atom stereocenters. The van der Waals surface area contributed by atoms with Gasteiger partial charge in [0.2, 0.25) is 0 Å². The number of aromatic amines is 1. The molecule has 5 heteroatoms. The minimum Gasteiger partial charge on any atom is -0.377 e. The summed E-state index contributed by atoms with van der Waals surface area (Å²) in [4.78, 5) is 4.23. The van der Waals surface area contributed by atoms with Crippen LogP contribution in [-0.2, 0) is 11.3 Å².